The van der Waals surface area contributed by atoms with Crippen molar-refractivity contribution in [3.63, 3.8) is 0 Å². The zero-order chi connectivity index (χ0) is 41.7. The van der Waals surface area contributed by atoms with Crippen LogP contribution in [0.5, 0.6) is 11.5 Å². The van der Waals surface area contributed by atoms with E-state index >= 15 is 0 Å². The highest BCUT2D eigenvalue weighted by molar-refractivity contribution is 6.30. The summed E-state index contributed by atoms with van der Waals surface area (Å²) in [5, 5.41) is 27.1. The number of carbonyl (C=O) groups excluding carboxylic acids is 1. The summed E-state index contributed by atoms with van der Waals surface area (Å²) in [6.07, 6.45) is 9.28. The number of aliphatic carboxylic acids is 2. The predicted octanol–water partition coefficient (Wildman–Crippen LogP) is 9.55. The molecule has 4 N–H and O–H groups in total. The Kier molecular flexibility index (Phi) is 12.9. The van der Waals surface area contributed by atoms with Gasteiger partial charge in [-0.15, -0.1) is 0 Å². The minimum atomic E-state index is -1.14. The highest BCUT2D eigenvalue weighted by Crippen LogP contribution is 2.57. The van der Waals surface area contributed by atoms with Crippen molar-refractivity contribution in [2.24, 2.45) is 17.8 Å². The quantitative estimate of drug-likeness (QED) is 0.0868. The summed E-state index contributed by atoms with van der Waals surface area (Å²) in [5.74, 6) is 0.0406. The number of ether oxygens (including phenoxy) is 2. The number of aromatic nitrogens is 1. The SMILES string of the molecule is CC(COc1ccc2c(c1)C1(CCC(Nc3cccc(Cl)c3)(C(=O)O)CC1)C(C[C@@H](C)COc1ccnc3c1[C@H](C)CCC3)C2)CC(=O)NC(C(=O)O)c1ccccc1. The summed E-state index contributed by atoms with van der Waals surface area (Å²) in [5.41, 5.74) is 4.66. The molecule has 0 bridgehead atoms. The molecule has 1 saturated carbocycles. The van der Waals surface area contributed by atoms with Crippen LogP contribution in [0.4, 0.5) is 5.69 Å². The molecule has 0 saturated heterocycles. The topological polar surface area (TPSA) is 147 Å². The molecule has 1 spiro atoms. The first-order chi connectivity index (χ1) is 28.4. The summed E-state index contributed by atoms with van der Waals surface area (Å²) >= 11 is 6.30. The molecule has 59 heavy (non-hydrogen) atoms. The van der Waals surface area contributed by atoms with Gasteiger partial charge >= 0.3 is 11.9 Å². The minimum absolute atomic E-state index is 0.103. The monoisotopic (exact) mass is 821 g/mol. The number of hydrogen-bond donors (Lipinski definition) is 4. The van der Waals surface area contributed by atoms with Gasteiger partial charge in [-0.3, -0.25) is 9.78 Å². The molecular weight excluding hydrogens is 766 g/mol. The zero-order valence-corrected chi connectivity index (χ0v) is 35.0. The van der Waals surface area contributed by atoms with E-state index in [4.69, 9.17) is 21.1 Å². The molecular formula is C48H56ClN3O7. The zero-order valence-electron chi connectivity index (χ0n) is 34.2. The maximum absolute atomic E-state index is 13.1. The van der Waals surface area contributed by atoms with Crippen molar-refractivity contribution in [3.05, 3.63) is 118 Å². The van der Waals surface area contributed by atoms with Crippen LogP contribution in [0.25, 0.3) is 0 Å². The van der Waals surface area contributed by atoms with Gasteiger partial charge in [-0.2, -0.15) is 0 Å². The van der Waals surface area contributed by atoms with E-state index < -0.39 is 23.5 Å². The minimum Gasteiger partial charge on any atom is -0.493 e. The molecule has 10 nitrogen and oxygen atoms in total. The Bertz CT molecular complexity index is 2140. The van der Waals surface area contributed by atoms with Gasteiger partial charge in [0.2, 0.25) is 5.91 Å². The molecule has 0 aliphatic heterocycles. The van der Waals surface area contributed by atoms with Gasteiger partial charge in [0.25, 0.3) is 0 Å². The fourth-order valence-corrected chi connectivity index (χ4v) is 10.1. The summed E-state index contributed by atoms with van der Waals surface area (Å²) in [4.78, 5) is 42.7. The van der Waals surface area contributed by atoms with Crippen LogP contribution < -0.4 is 20.1 Å². The predicted molar refractivity (Wildman–Crippen MR) is 228 cm³/mol. The molecule has 3 unspecified atom stereocenters. The molecule has 1 fully saturated rings. The number of pyridine rings is 1. The van der Waals surface area contributed by atoms with Gasteiger partial charge in [0.1, 0.15) is 17.0 Å². The normalized spacial score (nSPS) is 23.6. The first-order valence-electron chi connectivity index (χ1n) is 21.1. The second-order valence-electron chi connectivity index (χ2n) is 17.4. The third-order valence-corrected chi connectivity index (χ3v) is 13.3. The van der Waals surface area contributed by atoms with E-state index in [2.05, 4.69) is 41.6 Å². The largest absolute Gasteiger partial charge is 0.493 e. The van der Waals surface area contributed by atoms with Crippen LogP contribution in [0, 0.1) is 17.8 Å². The molecule has 4 aromatic rings. The molecule has 3 aliphatic rings. The molecule has 312 valence electrons. The molecule has 11 heteroatoms. The number of carboxylic acids is 2. The van der Waals surface area contributed by atoms with Crippen LogP contribution in [-0.2, 0) is 32.6 Å². The van der Waals surface area contributed by atoms with Crippen LogP contribution in [0.3, 0.4) is 0 Å². The average molecular weight is 822 g/mol. The molecule has 0 radical (unpaired) electrons. The van der Waals surface area contributed by atoms with E-state index in [0.717, 1.165) is 43.5 Å². The Hall–Kier alpha value is -5.09. The van der Waals surface area contributed by atoms with Crippen LogP contribution in [0.15, 0.2) is 85.1 Å². The van der Waals surface area contributed by atoms with Crippen molar-refractivity contribution in [2.45, 2.75) is 108 Å². The molecule has 5 atom stereocenters. The lowest BCUT2D eigenvalue weighted by molar-refractivity contribution is -0.144. The van der Waals surface area contributed by atoms with Gasteiger partial charge in [-0.25, -0.2) is 9.59 Å². The second kappa shape index (κ2) is 18.0. The molecule has 3 aromatic carbocycles. The smallest absolute Gasteiger partial charge is 0.330 e. The van der Waals surface area contributed by atoms with E-state index in [1.54, 1.807) is 42.5 Å². The van der Waals surface area contributed by atoms with Crippen LogP contribution in [0.1, 0.15) is 112 Å². The number of rotatable bonds is 16. The lowest BCUT2D eigenvalue weighted by Gasteiger charge is -2.47. The number of anilines is 1. The van der Waals surface area contributed by atoms with Crippen molar-refractivity contribution in [1.82, 2.24) is 10.3 Å². The second-order valence-corrected chi connectivity index (χ2v) is 17.8. The number of halogens is 1. The molecule has 7 rings (SSSR count). The summed E-state index contributed by atoms with van der Waals surface area (Å²) in [6, 6.07) is 23.0. The number of benzene rings is 3. The Balaban J connectivity index is 1.07. The van der Waals surface area contributed by atoms with Crippen LogP contribution in [-0.4, -0.2) is 51.8 Å². The van der Waals surface area contributed by atoms with Gasteiger partial charge in [0.15, 0.2) is 6.04 Å². The van der Waals surface area contributed by atoms with Gasteiger partial charge in [-0.05, 0) is 140 Å². The Labute approximate surface area is 352 Å². The lowest BCUT2D eigenvalue weighted by Crippen LogP contribution is -2.53. The van der Waals surface area contributed by atoms with Crippen molar-refractivity contribution in [3.8, 4) is 11.5 Å². The lowest BCUT2D eigenvalue weighted by atomic mass is 9.59. The first kappa shape index (κ1) is 42.0. The number of aryl methyl sites for hydroxylation is 1. The fraction of sp³-hybridized carbons (Fsp3) is 0.458. The van der Waals surface area contributed by atoms with Crippen molar-refractivity contribution < 1.29 is 34.1 Å². The van der Waals surface area contributed by atoms with Gasteiger partial charge in [0, 0.05) is 34.6 Å². The molecule has 1 heterocycles. The summed E-state index contributed by atoms with van der Waals surface area (Å²) in [7, 11) is 0. The summed E-state index contributed by atoms with van der Waals surface area (Å²) < 4.78 is 12.9. The standard InChI is InChI=1S/C48H56ClN3O7/c1-30(29-59-41-17-22-50-40-14-7-9-32(3)43(40)41)23-35-25-34-15-16-38(58-28-31(2)24-42(53)51-44(45(54)55)33-10-5-4-6-11-33)27-39(34)47(35)18-20-48(21-19-47,46(56)57)52-37-13-8-12-36(49)26-37/h4-6,8,10-13,15-17,22,26-27,30-32,35,44,52H,7,9,14,18-21,23-25,28-29H2,1-3H3,(H,51,53)(H,54,55)(H,56,57)/t30-,31?,32-,35?,44?,47?,48?/m1/s1. The van der Waals surface area contributed by atoms with Gasteiger partial charge in [0.05, 0.1) is 13.2 Å². The van der Waals surface area contributed by atoms with E-state index in [-0.39, 0.29) is 42.1 Å². The van der Waals surface area contributed by atoms with Crippen molar-refractivity contribution in [1.29, 1.82) is 0 Å². The van der Waals surface area contributed by atoms with Crippen LogP contribution in [0.2, 0.25) is 5.02 Å². The average Bonchev–Trinajstić information content (AvgIpc) is 3.50. The third-order valence-electron chi connectivity index (χ3n) is 13.0. The van der Waals surface area contributed by atoms with Gasteiger partial charge < -0.3 is 30.3 Å². The maximum Gasteiger partial charge on any atom is 0.330 e. The van der Waals surface area contributed by atoms with E-state index in [1.807, 2.05) is 37.4 Å². The Morgan fingerprint density at radius 2 is 1.68 bits per heavy atom. The highest BCUT2D eigenvalue weighted by atomic mass is 35.5. The molecule has 1 aromatic heterocycles. The van der Waals surface area contributed by atoms with E-state index in [1.165, 1.54) is 16.7 Å². The highest BCUT2D eigenvalue weighted by Gasteiger charge is 2.54. The van der Waals surface area contributed by atoms with Gasteiger partial charge in [-0.1, -0.05) is 74.8 Å². The number of carbonyl (C=O) groups is 3. The maximum atomic E-state index is 13.1. The third kappa shape index (κ3) is 9.38. The Morgan fingerprint density at radius 1 is 0.915 bits per heavy atom. The van der Waals surface area contributed by atoms with E-state index in [9.17, 15) is 24.6 Å². The number of hydrogen-bond acceptors (Lipinski definition) is 7. The number of nitrogens with zero attached hydrogens (tertiary/aromatic N) is 1. The van der Waals surface area contributed by atoms with Crippen LogP contribution >= 0.6 is 11.6 Å². The molecule has 1 amide bonds. The molecule has 3 aliphatic carbocycles. The first-order valence-corrected chi connectivity index (χ1v) is 21.4. The van der Waals surface area contributed by atoms with Crippen molar-refractivity contribution >= 4 is 35.1 Å². The summed E-state index contributed by atoms with van der Waals surface area (Å²) in [6.45, 7) is 7.27. The fourth-order valence-electron chi connectivity index (χ4n) is 9.93. The van der Waals surface area contributed by atoms with Crippen molar-refractivity contribution in [2.75, 3.05) is 18.5 Å². The Morgan fingerprint density at radius 3 is 2.41 bits per heavy atom. The number of amides is 1. The number of nitrogens with one attached hydrogen (secondary N) is 2. The van der Waals surface area contributed by atoms with E-state index in [0.29, 0.717) is 60.2 Å². The number of carboxylic acid groups (broad SMARTS) is 2. The number of fused-ring (bicyclic) bond motifs is 3.